The van der Waals surface area contributed by atoms with Crippen molar-refractivity contribution in [2.75, 3.05) is 23.3 Å². The van der Waals surface area contributed by atoms with Crippen molar-refractivity contribution in [3.05, 3.63) is 51.4 Å². The van der Waals surface area contributed by atoms with Crippen LogP contribution in [0.2, 0.25) is 0 Å². The Labute approximate surface area is 131 Å². The van der Waals surface area contributed by atoms with Crippen LogP contribution in [-0.2, 0) is 7.05 Å². The molecule has 2 heterocycles. The second-order valence-electron chi connectivity index (χ2n) is 5.21. The summed E-state index contributed by atoms with van der Waals surface area (Å²) in [4.78, 5) is 14.2. The maximum Gasteiger partial charge on any atom is 0.282 e. The van der Waals surface area contributed by atoms with Crippen LogP contribution in [0.3, 0.4) is 0 Å². The van der Waals surface area contributed by atoms with Crippen molar-refractivity contribution in [1.82, 2.24) is 9.78 Å². The summed E-state index contributed by atoms with van der Waals surface area (Å²) in [6.07, 6.45) is 2.73. The van der Waals surface area contributed by atoms with Crippen LogP contribution >= 0.6 is 15.9 Å². The van der Waals surface area contributed by atoms with Crippen LogP contribution in [0.5, 0.6) is 0 Å². The number of hydrogen-bond donors (Lipinski definition) is 1. The molecule has 1 unspecified atom stereocenters. The largest absolute Gasteiger partial charge is 0.378 e. The van der Waals surface area contributed by atoms with Gasteiger partial charge in [-0.1, -0.05) is 18.2 Å². The minimum absolute atomic E-state index is 0.127. The van der Waals surface area contributed by atoms with Gasteiger partial charge in [-0.05, 0) is 34.5 Å². The van der Waals surface area contributed by atoms with Gasteiger partial charge in [-0.25, -0.2) is 4.68 Å². The van der Waals surface area contributed by atoms with E-state index in [1.54, 1.807) is 13.2 Å². The van der Waals surface area contributed by atoms with Crippen LogP contribution in [-0.4, -0.2) is 28.9 Å². The Balaban J connectivity index is 1.71. The first-order valence-electron chi connectivity index (χ1n) is 6.93. The van der Waals surface area contributed by atoms with Gasteiger partial charge < -0.3 is 10.2 Å². The van der Waals surface area contributed by atoms with E-state index in [9.17, 15) is 4.79 Å². The lowest BCUT2D eigenvalue weighted by Crippen LogP contribution is -2.28. The molecule has 0 spiro atoms. The molecular formula is C15H17BrN4O. The monoisotopic (exact) mass is 348 g/mol. The van der Waals surface area contributed by atoms with Crippen molar-refractivity contribution < 1.29 is 0 Å². The van der Waals surface area contributed by atoms with Gasteiger partial charge >= 0.3 is 0 Å². The van der Waals surface area contributed by atoms with Gasteiger partial charge in [-0.15, -0.1) is 0 Å². The Kier molecular flexibility index (Phi) is 3.96. The maximum atomic E-state index is 11.9. The van der Waals surface area contributed by atoms with Crippen molar-refractivity contribution in [1.29, 1.82) is 0 Å². The van der Waals surface area contributed by atoms with Crippen LogP contribution in [0.25, 0.3) is 0 Å². The molecule has 1 aromatic carbocycles. The zero-order valence-corrected chi connectivity index (χ0v) is 13.4. The molecule has 5 nitrogen and oxygen atoms in total. The predicted molar refractivity (Wildman–Crippen MR) is 87.9 cm³/mol. The molecule has 0 radical (unpaired) electrons. The summed E-state index contributed by atoms with van der Waals surface area (Å²) in [5.41, 5.74) is 1.87. The van der Waals surface area contributed by atoms with Gasteiger partial charge in [-0.3, -0.25) is 4.79 Å². The zero-order chi connectivity index (χ0) is 14.8. The van der Waals surface area contributed by atoms with Gasteiger partial charge in [0.15, 0.2) is 0 Å². The van der Waals surface area contributed by atoms with Gasteiger partial charge in [0, 0.05) is 31.9 Å². The van der Waals surface area contributed by atoms with E-state index in [2.05, 4.69) is 55.5 Å². The second-order valence-corrected chi connectivity index (χ2v) is 6.01. The number of halogens is 1. The third kappa shape index (κ3) is 2.95. The minimum atomic E-state index is -0.127. The number of aromatic nitrogens is 2. The van der Waals surface area contributed by atoms with Crippen molar-refractivity contribution >= 4 is 27.3 Å². The predicted octanol–water partition coefficient (Wildman–Crippen LogP) is 2.23. The summed E-state index contributed by atoms with van der Waals surface area (Å²) in [6.45, 7) is 1.93. The molecule has 110 valence electrons. The van der Waals surface area contributed by atoms with Crippen LogP contribution in [0.1, 0.15) is 6.42 Å². The van der Waals surface area contributed by atoms with Gasteiger partial charge in [0.05, 0.1) is 11.9 Å². The highest BCUT2D eigenvalue weighted by atomic mass is 79.9. The fourth-order valence-electron chi connectivity index (χ4n) is 2.58. The lowest BCUT2D eigenvalue weighted by atomic mass is 10.2. The molecule has 1 atom stereocenters. The number of benzene rings is 1. The number of rotatable bonds is 3. The second kappa shape index (κ2) is 5.89. The molecule has 1 aliphatic rings. The summed E-state index contributed by atoms with van der Waals surface area (Å²) < 4.78 is 1.86. The first-order chi connectivity index (χ1) is 10.1. The molecule has 1 aliphatic heterocycles. The number of hydrogen-bond acceptors (Lipinski definition) is 4. The van der Waals surface area contributed by atoms with E-state index in [0.29, 0.717) is 10.5 Å². The average Bonchev–Trinajstić information content (AvgIpc) is 2.97. The number of nitrogens with one attached hydrogen (secondary N) is 1. The van der Waals surface area contributed by atoms with Gasteiger partial charge in [0.1, 0.15) is 4.47 Å². The molecule has 1 aromatic heterocycles. The number of aryl methyl sites for hydroxylation is 1. The highest BCUT2D eigenvalue weighted by Crippen LogP contribution is 2.24. The molecule has 2 aromatic rings. The topological polar surface area (TPSA) is 50.2 Å². The standard InChI is InChI=1S/C15H17BrN4O/c1-19-15(21)14(16)13(9-17-19)18-11-7-8-20(10-11)12-5-3-2-4-6-12/h2-6,9,11,18H,7-8,10H2,1H3. The number of para-hydroxylation sites is 1. The number of nitrogens with zero attached hydrogens (tertiary/aromatic N) is 3. The smallest absolute Gasteiger partial charge is 0.282 e. The molecule has 0 aliphatic carbocycles. The van der Waals surface area contributed by atoms with Crippen molar-refractivity contribution in [3.63, 3.8) is 0 Å². The van der Waals surface area contributed by atoms with Gasteiger partial charge in [0.2, 0.25) is 0 Å². The van der Waals surface area contributed by atoms with Crippen molar-refractivity contribution in [2.24, 2.45) is 7.05 Å². The first-order valence-corrected chi connectivity index (χ1v) is 7.73. The Morgan fingerprint density at radius 2 is 2.10 bits per heavy atom. The zero-order valence-electron chi connectivity index (χ0n) is 11.8. The van der Waals surface area contributed by atoms with E-state index in [1.807, 2.05) is 6.07 Å². The number of anilines is 2. The van der Waals surface area contributed by atoms with Crippen LogP contribution in [0, 0.1) is 0 Å². The molecule has 0 saturated carbocycles. The molecule has 1 fully saturated rings. The summed E-state index contributed by atoms with van der Waals surface area (Å²) in [5.74, 6) is 0. The highest BCUT2D eigenvalue weighted by Gasteiger charge is 2.23. The van der Waals surface area contributed by atoms with E-state index >= 15 is 0 Å². The molecule has 0 bridgehead atoms. The van der Waals surface area contributed by atoms with E-state index in [0.717, 1.165) is 25.2 Å². The summed E-state index contributed by atoms with van der Waals surface area (Å²) in [5, 5.41) is 7.47. The third-order valence-corrected chi connectivity index (χ3v) is 4.51. The molecule has 1 N–H and O–H groups in total. The SMILES string of the molecule is Cn1ncc(NC2CCN(c3ccccc3)C2)c(Br)c1=O. The van der Waals surface area contributed by atoms with E-state index in [1.165, 1.54) is 10.4 Å². The molecule has 21 heavy (non-hydrogen) atoms. The van der Waals surface area contributed by atoms with Gasteiger partial charge in [0.25, 0.3) is 5.56 Å². The molecule has 3 rings (SSSR count). The fraction of sp³-hybridized carbons (Fsp3) is 0.333. The maximum absolute atomic E-state index is 11.9. The molecule has 6 heteroatoms. The first kappa shape index (κ1) is 14.1. The van der Waals surface area contributed by atoms with Crippen molar-refractivity contribution in [3.8, 4) is 0 Å². The van der Waals surface area contributed by atoms with Crippen LogP contribution in [0.15, 0.2) is 45.8 Å². The summed E-state index contributed by atoms with van der Waals surface area (Å²) in [6, 6.07) is 10.7. The minimum Gasteiger partial charge on any atom is -0.378 e. The van der Waals surface area contributed by atoms with E-state index < -0.39 is 0 Å². The Bertz CT molecular complexity index is 686. The lowest BCUT2D eigenvalue weighted by molar-refractivity contribution is 0.699. The highest BCUT2D eigenvalue weighted by molar-refractivity contribution is 9.10. The third-order valence-electron chi connectivity index (χ3n) is 3.75. The van der Waals surface area contributed by atoms with E-state index in [4.69, 9.17) is 0 Å². The quantitative estimate of drug-likeness (QED) is 0.923. The normalized spacial score (nSPS) is 18.0. The fourth-order valence-corrected chi connectivity index (χ4v) is 3.06. The van der Waals surface area contributed by atoms with Crippen LogP contribution < -0.4 is 15.8 Å². The summed E-state index contributed by atoms with van der Waals surface area (Å²) >= 11 is 3.35. The lowest BCUT2D eigenvalue weighted by Gasteiger charge is -2.19. The molecule has 1 saturated heterocycles. The summed E-state index contributed by atoms with van der Waals surface area (Å²) in [7, 11) is 1.64. The molecular weight excluding hydrogens is 332 g/mol. The van der Waals surface area contributed by atoms with E-state index in [-0.39, 0.29) is 5.56 Å². The Morgan fingerprint density at radius 1 is 1.33 bits per heavy atom. The average molecular weight is 349 g/mol. The van der Waals surface area contributed by atoms with Crippen LogP contribution in [0.4, 0.5) is 11.4 Å². The Hall–Kier alpha value is -1.82. The van der Waals surface area contributed by atoms with Gasteiger partial charge in [-0.2, -0.15) is 5.10 Å². The molecule has 0 amide bonds. The Morgan fingerprint density at radius 3 is 2.86 bits per heavy atom. The van der Waals surface area contributed by atoms with Crippen molar-refractivity contribution in [2.45, 2.75) is 12.5 Å².